The Morgan fingerprint density at radius 3 is 2.74 bits per heavy atom. The van der Waals surface area contributed by atoms with Crippen molar-refractivity contribution in [1.29, 1.82) is 0 Å². The lowest BCUT2D eigenvalue weighted by atomic mass is 9.92. The molecule has 7 heteroatoms. The lowest BCUT2D eigenvalue weighted by Gasteiger charge is -2.40. The number of aromatic amines is 2. The summed E-state index contributed by atoms with van der Waals surface area (Å²) >= 11 is 0. The predicted octanol–water partition coefficient (Wildman–Crippen LogP) is 4.65. The van der Waals surface area contributed by atoms with Gasteiger partial charge >= 0.3 is 0 Å². The largest absolute Gasteiger partial charge is 0.357 e. The van der Waals surface area contributed by atoms with E-state index in [2.05, 4.69) is 38.3 Å². The number of nitrogens with one attached hydrogen (secondary N) is 2. The van der Waals surface area contributed by atoms with Crippen LogP contribution in [0.1, 0.15) is 54.2 Å². The topological polar surface area (TPSA) is 85.1 Å². The van der Waals surface area contributed by atoms with Gasteiger partial charge in [0.25, 0.3) is 5.91 Å². The number of carbonyl (C=O) groups is 2. The first kappa shape index (κ1) is 21.0. The smallest absolute Gasteiger partial charge is 0.253 e. The van der Waals surface area contributed by atoms with Crippen LogP contribution in [0, 0.1) is 5.92 Å². The van der Waals surface area contributed by atoms with Crippen molar-refractivity contribution >= 4 is 33.6 Å². The summed E-state index contributed by atoms with van der Waals surface area (Å²) in [5.74, 6) is 0.0258. The monoisotopic (exact) mass is 455 g/mol. The molecule has 174 valence electrons. The van der Waals surface area contributed by atoms with Crippen LogP contribution in [-0.2, 0) is 4.79 Å². The Morgan fingerprint density at radius 2 is 1.82 bits per heavy atom. The lowest BCUT2D eigenvalue weighted by molar-refractivity contribution is -0.141. The standard InChI is InChI=1S/C27H29N5O2/c33-26(19-10-11-23-21(14-19)16-28-30-23)31-12-5-7-20(17-31)27(34)32-13-4-3-9-25(32)24-15-18-6-1-2-8-22(18)29-24/h1-2,6,8,10-11,14-16,20,25,29H,3-5,7,9,12-13,17H2,(H,28,30). The number of aromatic nitrogens is 3. The second-order valence-corrected chi connectivity index (χ2v) is 9.62. The van der Waals surface area contributed by atoms with Crippen molar-refractivity contribution in [2.75, 3.05) is 19.6 Å². The molecule has 6 rings (SSSR count). The van der Waals surface area contributed by atoms with Crippen LogP contribution in [0.5, 0.6) is 0 Å². The fourth-order valence-electron chi connectivity index (χ4n) is 5.65. The molecule has 2 unspecified atom stereocenters. The SMILES string of the molecule is O=C(c1ccc2[nH]ncc2c1)N1CCCC(C(=O)N2CCCCC2c2cc3ccccc3[nH]2)C1. The number of H-pyrrole nitrogens is 2. The lowest BCUT2D eigenvalue weighted by Crippen LogP contribution is -2.48. The summed E-state index contributed by atoms with van der Waals surface area (Å²) in [5, 5.41) is 9.07. The van der Waals surface area contributed by atoms with E-state index in [1.54, 1.807) is 6.20 Å². The maximum absolute atomic E-state index is 13.8. The van der Waals surface area contributed by atoms with Gasteiger partial charge in [0.1, 0.15) is 0 Å². The summed E-state index contributed by atoms with van der Waals surface area (Å²) in [5.41, 5.74) is 3.79. The second kappa shape index (κ2) is 8.63. The van der Waals surface area contributed by atoms with E-state index >= 15 is 0 Å². The van der Waals surface area contributed by atoms with Gasteiger partial charge in [-0.3, -0.25) is 14.7 Å². The Hall–Kier alpha value is -3.61. The molecule has 0 spiro atoms. The molecule has 2 aliphatic rings. The Labute approximate surface area is 198 Å². The molecule has 2 aromatic carbocycles. The van der Waals surface area contributed by atoms with E-state index in [0.29, 0.717) is 18.7 Å². The minimum Gasteiger partial charge on any atom is -0.357 e. The molecule has 2 N–H and O–H groups in total. The molecule has 2 amide bonds. The normalized spacial score (nSPS) is 21.3. The number of rotatable bonds is 3. The number of benzene rings is 2. The van der Waals surface area contributed by atoms with E-state index in [1.807, 2.05) is 35.2 Å². The molecular formula is C27H29N5O2. The number of likely N-dealkylation sites (tertiary alicyclic amines) is 2. The minimum atomic E-state index is -0.152. The average Bonchev–Trinajstić information content (AvgIpc) is 3.54. The van der Waals surface area contributed by atoms with Crippen LogP contribution < -0.4 is 0 Å². The fourth-order valence-corrected chi connectivity index (χ4v) is 5.65. The summed E-state index contributed by atoms with van der Waals surface area (Å²) in [7, 11) is 0. The Balaban J connectivity index is 1.20. The molecule has 2 saturated heterocycles. The average molecular weight is 456 g/mol. The van der Waals surface area contributed by atoms with Crippen molar-refractivity contribution in [1.82, 2.24) is 25.0 Å². The third-order valence-corrected chi connectivity index (χ3v) is 7.44. The highest BCUT2D eigenvalue weighted by molar-refractivity contribution is 5.98. The molecule has 0 aliphatic carbocycles. The zero-order valence-electron chi connectivity index (χ0n) is 19.2. The van der Waals surface area contributed by atoms with Crippen LogP contribution in [0.25, 0.3) is 21.8 Å². The Bertz CT molecular complexity index is 1320. The summed E-state index contributed by atoms with van der Waals surface area (Å²) in [6, 6.07) is 16.1. The van der Waals surface area contributed by atoms with Crippen LogP contribution in [0.3, 0.4) is 0 Å². The first-order valence-electron chi connectivity index (χ1n) is 12.3. The quantitative estimate of drug-likeness (QED) is 0.472. The van der Waals surface area contributed by atoms with Crippen LogP contribution in [0.15, 0.2) is 54.7 Å². The van der Waals surface area contributed by atoms with Crippen molar-refractivity contribution < 1.29 is 9.59 Å². The number of para-hydroxylation sites is 1. The first-order valence-corrected chi connectivity index (χ1v) is 12.3. The van der Waals surface area contributed by atoms with Crippen LogP contribution in [0.4, 0.5) is 0 Å². The zero-order chi connectivity index (χ0) is 23.1. The second-order valence-electron chi connectivity index (χ2n) is 9.62. The predicted molar refractivity (Wildman–Crippen MR) is 131 cm³/mol. The van der Waals surface area contributed by atoms with E-state index in [-0.39, 0.29) is 23.8 Å². The molecular weight excluding hydrogens is 426 g/mol. The number of fused-ring (bicyclic) bond motifs is 2. The maximum Gasteiger partial charge on any atom is 0.253 e. The molecule has 34 heavy (non-hydrogen) atoms. The highest BCUT2D eigenvalue weighted by Crippen LogP contribution is 2.34. The summed E-state index contributed by atoms with van der Waals surface area (Å²) in [6.07, 6.45) is 6.53. The Morgan fingerprint density at radius 1 is 0.912 bits per heavy atom. The van der Waals surface area contributed by atoms with Gasteiger partial charge in [0, 0.05) is 41.8 Å². The van der Waals surface area contributed by atoms with Gasteiger partial charge in [-0.25, -0.2) is 0 Å². The van der Waals surface area contributed by atoms with E-state index in [9.17, 15) is 9.59 Å². The Kier molecular flexibility index (Phi) is 5.32. The fraction of sp³-hybridized carbons (Fsp3) is 0.370. The van der Waals surface area contributed by atoms with Crippen molar-refractivity contribution in [2.45, 2.75) is 38.1 Å². The molecule has 0 radical (unpaired) electrons. The summed E-state index contributed by atoms with van der Waals surface area (Å²) in [6.45, 7) is 1.95. The number of hydrogen-bond acceptors (Lipinski definition) is 3. The van der Waals surface area contributed by atoms with Crippen molar-refractivity contribution in [3.05, 3.63) is 66.0 Å². The summed E-state index contributed by atoms with van der Waals surface area (Å²) < 4.78 is 0. The maximum atomic E-state index is 13.8. The number of piperidine rings is 2. The van der Waals surface area contributed by atoms with Crippen LogP contribution in [0.2, 0.25) is 0 Å². The molecule has 4 heterocycles. The van der Waals surface area contributed by atoms with Crippen molar-refractivity contribution in [2.24, 2.45) is 5.92 Å². The number of hydrogen-bond donors (Lipinski definition) is 2. The number of amides is 2. The molecule has 4 aromatic rings. The van der Waals surface area contributed by atoms with Crippen LogP contribution in [-0.4, -0.2) is 56.4 Å². The van der Waals surface area contributed by atoms with Gasteiger partial charge in [0.05, 0.1) is 23.7 Å². The van der Waals surface area contributed by atoms with Gasteiger partial charge in [-0.05, 0) is 67.8 Å². The molecule has 2 aliphatic heterocycles. The van der Waals surface area contributed by atoms with Gasteiger partial charge in [-0.2, -0.15) is 5.10 Å². The van der Waals surface area contributed by atoms with E-state index in [0.717, 1.165) is 60.8 Å². The minimum absolute atomic E-state index is 0.00795. The summed E-state index contributed by atoms with van der Waals surface area (Å²) in [4.78, 5) is 34.5. The first-order chi connectivity index (χ1) is 16.7. The zero-order valence-corrected chi connectivity index (χ0v) is 19.2. The van der Waals surface area contributed by atoms with Gasteiger partial charge in [0.15, 0.2) is 0 Å². The highest BCUT2D eigenvalue weighted by Gasteiger charge is 2.36. The number of nitrogens with zero attached hydrogens (tertiary/aromatic N) is 3. The molecule has 7 nitrogen and oxygen atoms in total. The van der Waals surface area contributed by atoms with Gasteiger partial charge < -0.3 is 14.8 Å². The van der Waals surface area contributed by atoms with E-state index in [4.69, 9.17) is 0 Å². The molecule has 0 saturated carbocycles. The molecule has 2 fully saturated rings. The van der Waals surface area contributed by atoms with Gasteiger partial charge in [0.2, 0.25) is 5.91 Å². The third-order valence-electron chi connectivity index (χ3n) is 7.44. The van der Waals surface area contributed by atoms with E-state index < -0.39 is 0 Å². The highest BCUT2D eigenvalue weighted by atomic mass is 16.2. The molecule has 0 bridgehead atoms. The van der Waals surface area contributed by atoms with E-state index in [1.165, 1.54) is 5.39 Å². The van der Waals surface area contributed by atoms with Crippen molar-refractivity contribution in [3.8, 4) is 0 Å². The van der Waals surface area contributed by atoms with Crippen molar-refractivity contribution in [3.63, 3.8) is 0 Å². The van der Waals surface area contributed by atoms with Gasteiger partial charge in [-0.1, -0.05) is 18.2 Å². The molecule has 2 aromatic heterocycles. The van der Waals surface area contributed by atoms with Gasteiger partial charge in [-0.15, -0.1) is 0 Å². The van der Waals surface area contributed by atoms with Crippen LogP contribution >= 0.6 is 0 Å². The number of carbonyl (C=O) groups excluding carboxylic acids is 2. The molecule has 2 atom stereocenters. The third kappa shape index (κ3) is 3.75.